The Labute approximate surface area is 185 Å². The van der Waals surface area contributed by atoms with E-state index in [1.807, 2.05) is 31.2 Å². The van der Waals surface area contributed by atoms with Crippen LogP contribution in [0.3, 0.4) is 0 Å². The van der Waals surface area contributed by atoms with E-state index in [0.29, 0.717) is 6.79 Å². The van der Waals surface area contributed by atoms with E-state index in [0.717, 1.165) is 5.75 Å². The van der Waals surface area contributed by atoms with Gasteiger partial charge in [-0.05, 0) is 19.6 Å². The third-order valence-electron chi connectivity index (χ3n) is 2.90. The summed E-state index contributed by atoms with van der Waals surface area (Å²) in [6.45, 7) is 8.84. The maximum Gasteiger partial charge on any atom is 0.188 e. The second-order valence-corrected chi connectivity index (χ2v) is 12.0. The van der Waals surface area contributed by atoms with E-state index in [1.165, 1.54) is 35.0 Å². The summed E-state index contributed by atoms with van der Waals surface area (Å²) >= 11 is 1.51. The Bertz CT molecular complexity index is 661. The Morgan fingerprint density at radius 2 is 1.62 bits per heavy atom. The first-order valence-electron chi connectivity index (χ1n) is 8.00. The Hall–Kier alpha value is -0.510. The molecular formula is C20H26Cl2O2SiZr-2. The van der Waals surface area contributed by atoms with Gasteiger partial charge in [0.15, 0.2) is 15.1 Å². The van der Waals surface area contributed by atoms with Crippen LogP contribution >= 0.6 is 0 Å². The molecule has 6 heteroatoms. The van der Waals surface area contributed by atoms with Gasteiger partial charge >= 0.3 is 34.9 Å². The molecule has 3 aromatic carbocycles. The maximum absolute atomic E-state index is 5.52. The van der Waals surface area contributed by atoms with Crippen LogP contribution in [0.1, 0.15) is 6.92 Å². The van der Waals surface area contributed by atoms with Crippen molar-refractivity contribution >= 4 is 22.8 Å². The zero-order valence-corrected chi connectivity index (χ0v) is 20.7. The number of fused-ring (bicyclic) bond motifs is 1. The monoisotopic (exact) mass is 486 g/mol. The largest absolute Gasteiger partial charge is 1.00 e. The van der Waals surface area contributed by atoms with Gasteiger partial charge in [0.25, 0.3) is 0 Å². The van der Waals surface area contributed by atoms with Crippen LogP contribution in [-0.4, -0.2) is 18.8 Å². The first-order chi connectivity index (χ1) is 11.5. The van der Waals surface area contributed by atoms with Crippen molar-refractivity contribution in [2.45, 2.75) is 26.6 Å². The summed E-state index contributed by atoms with van der Waals surface area (Å²) in [5.74, 6) is 0.883. The molecule has 0 N–H and O–H groups in total. The van der Waals surface area contributed by atoms with Crippen LogP contribution in [0, 0.1) is 0 Å². The SMILES string of the molecule is C[CH]=[Zr+2].C[Si](C)(C)OCOc1ccc[cH-]1.[Cl-].[Cl-].c1ccc2[cH-]ccc2c1. The molecule has 3 rings (SSSR count). The van der Waals surface area contributed by atoms with Crippen LogP contribution in [0.15, 0.2) is 66.7 Å². The van der Waals surface area contributed by atoms with Crippen LogP contribution in [-0.2, 0) is 28.7 Å². The van der Waals surface area contributed by atoms with Crippen molar-refractivity contribution in [1.82, 2.24) is 0 Å². The zero-order chi connectivity index (χ0) is 17.8. The molecule has 0 saturated carbocycles. The fourth-order valence-corrected chi connectivity index (χ4v) is 2.21. The van der Waals surface area contributed by atoms with Gasteiger partial charge in [-0.2, -0.15) is 29.7 Å². The van der Waals surface area contributed by atoms with Gasteiger partial charge in [-0.25, -0.2) is 6.07 Å². The number of hydrogen-bond donors (Lipinski definition) is 0. The van der Waals surface area contributed by atoms with Crippen LogP contribution in [0.5, 0.6) is 5.75 Å². The molecule has 0 aromatic heterocycles. The molecule has 142 valence electrons. The number of hydrogen-bond acceptors (Lipinski definition) is 2. The van der Waals surface area contributed by atoms with Crippen molar-refractivity contribution in [2.75, 3.05) is 6.79 Å². The van der Waals surface area contributed by atoms with Crippen molar-refractivity contribution in [3.05, 3.63) is 66.7 Å². The Morgan fingerprint density at radius 3 is 2.15 bits per heavy atom. The van der Waals surface area contributed by atoms with E-state index >= 15 is 0 Å². The molecule has 0 aliphatic carbocycles. The number of ether oxygens (including phenoxy) is 1. The summed E-state index contributed by atoms with van der Waals surface area (Å²) in [6.07, 6.45) is 0. The molecule has 0 fully saturated rings. The molecule has 0 aliphatic heterocycles. The Kier molecular flexibility index (Phi) is 16.6. The van der Waals surface area contributed by atoms with Gasteiger partial charge in [0.2, 0.25) is 0 Å². The first kappa shape index (κ1) is 27.7. The molecule has 2 nitrogen and oxygen atoms in total. The molecule has 0 heterocycles. The van der Waals surface area contributed by atoms with Crippen molar-refractivity contribution < 1.29 is 58.2 Å². The second-order valence-electron chi connectivity index (χ2n) is 6.08. The van der Waals surface area contributed by atoms with E-state index < -0.39 is 8.32 Å². The van der Waals surface area contributed by atoms with E-state index in [-0.39, 0.29) is 24.8 Å². The topological polar surface area (TPSA) is 18.5 Å². The fourth-order valence-electron chi connectivity index (χ4n) is 1.80. The molecule has 0 bridgehead atoms. The first-order valence-corrected chi connectivity index (χ1v) is 12.8. The van der Waals surface area contributed by atoms with Gasteiger partial charge in [0.05, 0.1) is 0 Å². The minimum Gasteiger partial charge on any atom is -1.00 e. The van der Waals surface area contributed by atoms with Crippen molar-refractivity contribution in [2.24, 2.45) is 0 Å². The minimum absolute atomic E-state index is 0. The third kappa shape index (κ3) is 12.8. The smallest absolute Gasteiger partial charge is 0.188 e. The number of benzene rings is 1. The summed E-state index contributed by atoms with van der Waals surface area (Å²) in [4.78, 5) is 0. The Balaban J connectivity index is 0. The third-order valence-corrected chi connectivity index (χ3v) is 3.88. The zero-order valence-electron chi connectivity index (χ0n) is 15.7. The van der Waals surface area contributed by atoms with Crippen LogP contribution < -0.4 is 29.6 Å². The Morgan fingerprint density at radius 1 is 0.962 bits per heavy atom. The molecule has 3 aromatic rings. The van der Waals surface area contributed by atoms with Gasteiger partial charge in [-0.1, -0.05) is 6.07 Å². The average molecular weight is 489 g/mol. The molecule has 0 amide bonds. The van der Waals surface area contributed by atoms with Crippen LogP contribution in [0.4, 0.5) is 0 Å². The van der Waals surface area contributed by atoms with E-state index in [4.69, 9.17) is 9.16 Å². The summed E-state index contributed by atoms with van der Waals surface area (Å²) in [7, 11) is -1.42. The molecule has 0 aliphatic rings. The quantitative estimate of drug-likeness (QED) is 0.281. The summed E-state index contributed by atoms with van der Waals surface area (Å²) in [6, 6.07) is 22.4. The summed E-state index contributed by atoms with van der Waals surface area (Å²) < 4.78 is 12.9. The van der Waals surface area contributed by atoms with Gasteiger partial charge in [-0.15, -0.1) is 35.7 Å². The van der Waals surface area contributed by atoms with Crippen molar-refractivity contribution in [3.63, 3.8) is 0 Å². The van der Waals surface area contributed by atoms with Crippen molar-refractivity contribution in [3.8, 4) is 5.75 Å². The number of halogens is 2. The number of rotatable bonds is 4. The second kappa shape index (κ2) is 15.5. The molecule has 0 spiro atoms. The van der Waals surface area contributed by atoms with Crippen LogP contribution in [0.2, 0.25) is 19.6 Å². The standard InChI is InChI=1S/C9H15O2Si.C9H7.C2H4.2ClH.Zr/c1-12(2,3)11-8-10-9-6-4-5-7-9;1-2-5-9-7-3-6-8(9)4-1;1-2;;;/h4-7H,8H2,1-3H3;1-7H;1H,2H3;2*1H;/q2*-1;;;;+2/p-2. The average Bonchev–Trinajstić information content (AvgIpc) is 3.18. The normalized spacial score (nSPS) is 9.46. The molecule has 0 saturated heterocycles. The van der Waals surface area contributed by atoms with E-state index in [2.05, 4.69) is 65.8 Å². The van der Waals surface area contributed by atoms with Crippen molar-refractivity contribution in [1.29, 1.82) is 0 Å². The van der Waals surface area contributed by atoms with Crippen LogP contribution in [0.25, 0.3) is 10.8 Å². The molecule has 26 heavy (non-hydrogen) atoms. The molecule has 0 radical (unpaired) electrons. The fraction of sp³-hybridized carbons (Fsp3) is 0.250. The molecular weight excluding hydrogens is 462 g/mol. The molecule has 0 atom stereocenters. The summed E-state index contributed by atoms with van der Waals surface area (Å²) in [5.41, 5.74) is 0. The van der Waals surface area contributed by atoms with Gasteiger partial charge < -0.3 is 34.0 Å². The maximum atomic E-state index is 5.52. The van der Waals surface area contributed by atoms with Gasteiger partial charge in [0.1, 0.15) is 0 Å². The van der Waals surface area contributed by atoms with Gasteiger partial charge in [-0.3, -0.25) is 0 Å². The van der Waals surface area contributed by atoms with Gasteiger partial charge in [0, 0.05) is 5.75 Å². The van der Waals surface area contributed by atoms with E-state index in [9.17, 15) is 0 Å². The molecule has 0 unspecified atom stereocenters. The minimum atomic E-state index is -1.42. The predicted octanol–water partition coefficient (Wildman–Crippen LogP) is -0.485. The summed E-state index contributed by atoms with van der Waals surface area (Å²) in [5, 5.41) is 2.66. The van der Waals surface area contributed by atoms with E-state index in [1.54, 1.807) is 0 Å². The predicted molar refractivity (Wildman–Crippen MR) is 103 cm³/mol.